The highest BCUT2D eigenvalue weighted by Gasteiger charge is 2.30. The number of ether oxygens (including phenoxy) is 1. The smallest absolute Gasteiger partial charge is 0.119 e. The second-order valence-corrected chi connectivity index (χ2v) is 8.80. The summed E-state index contributed by atoms with van der Waals surface area (Å²) in [5.74, 6) is 3.25. The van der Waals surface area contributed by atoms with Crippen molar-refractivity contribution in [1.82, 2.24) is 15.5 Å². The van der Waals surface area contributed by atoms with Crippen LogP contribution in [0, 0.1) is 17.8 Å². The van der Waals surface area contributed by atoms with Crippen molar-refractivity contribution in [3.63, 3.8) is 0 Å². The van der Waals surface area contributed by atoms with Gasteiger partial charge in [0.2, 0.25) is 0 Å². The van der Waals surface area contributed by atoms with Crippen molar-refractivity contribution in [2.75, 3.05) is 6.61 Å². The van der Waals surface area contributed by atoms with Crippen molar-refractivity contribution in [2.45, 2.75) is 72.4 Å². The molecule has 1 aromatic carbocycles. The molecule has 3 rings (SSSR count). The summed E-state index contributed by atoms with van der Waals surface area (Å²) in [6, 6.07) is 8.92. The lowest BCUT2D eigenvalue weighted by Crippen LogP contribution is -2.42. The maximum atomic E-state index is 5.78. The van der Waals surface area contributed by atoms with Crippen LogP contribution >= 0.6 is 0 Å². The van der Waals surface area contributed by atoms with E-state index in [4.69, 9.17) is 4.74 Å². The van der Waals surface area contributed by atoms with Crippen LogP contribution in [0.2, 0.25) is 0 Å². The van der Waals surface area contributed by atoms with Crippen LogP contribution in [0.5, 0.6) is 5.75 Å². The Hall–Kier alpha value is -1.81. The van der Waals surface area contributed by atoms with Gasteiger partial charge in [0.25, 0.3) is 0 Å². The van der Waals surface area contributed by atoms with Crippen LogP contribution < -0.4 is 10.1 Å². The monoisotopic (exact) mass is 383 g/mol. The number of hydrogen-bond acceptors (Lipinski definition) is 3. The maximum absolute atomic E-state index is 5.78. The van der Waals surface area contributed by atoms with Gasteiger partial charge >= 0.3 is 0 Å². The van der Waals surface area contributed by atoms with Gasteiger partial charge < -0.3 is 10.1 Å². The molecule has 0 amide bonds. The lowest BCUT2D eigenvalue weighted by Gasteiger charge is -2.38. The van der Waals surface area contributed by atoms with Crippen molar-refractivity contribution in [3.8, 4) is 17.0 Å². The third kappa shape index (κ3) is 5.38. The van der Waals surface area contributed by atoms with Crippen molar-refractivity contribution in [2.24, 2.45) is 17.8 Å². The van der Waals surface area contributed by atoms with Gasteiger partial charge in [-0.05, 0) is 61.3 Å². The number of nitrogens with zero attached hydrogens (tertiary/aromatic N) is 1. The third-order valence-corrected chi connectivity index (χ3v) is 6.19. The molecule has 1 heterocycles. The minimum Gasteiger partial charge on any atom is -0.494 e. The quantitative estimate of drug-likeness (QED) is 0.538. The van der Waals surface area contributed by atoms with E-state index >= 15 is 0 Å². The van der Waals surface area contributed by atoms with Gasteiger partial charge in [-0.2, -0.15) is 5.10 Å². The van der Waals surface area contributed by atoms with Gasteiger partial charge in [-0.25, -0.2) is 0 Å². The van der Waals surface area contributed by atoms with Crippen LogP contribution in [0.3, 0.4) is 0 Å². The number of benzene rings is 1. The average molecular weight is 384 g/mol. The molecule has 0 bridgehead atoms. The summed E-state index contributed by atoms with van der Waals surface area (Å²) in [5.41, 5.74) is 3.41. The molecule has 2 aromatic rings. The molecule has 4 heteroatoms. The number of H-pyrrole nitrogens is 1. The fourth-order valence-corrected chi connectivity index (χ4v) is 4.42. The highest BCUT2D eigenvalue weighted by Crippen LogP contribution is 2.34. The Morgan fingerprint density at radius 3 is 2.71 bits per heavy atom. The molecule has 3 atom stereocenters. The topological polar surface area (TPSA) is 49.9 Å². The number of aromatic amines is 1. The zero-order chi connectivity index (χ0) is 19.9. The van der Waals surface area contributed by atoms with Crippen molar-refractivity contribution in [1.29, 1.82) is 0 Å². The summed E-state index contributed by atoms with van der Waals surface area (Å²) in [4.78, 5) is 0. The van der Waals surface area contributed by atoms with E-state index in [9.17, 15) is 0 Å². The van der Waals surface area contributed by atoms with E-state index in [1.54, 1.807) is 0 Å². The molecule has 0 saturated heterocycles. The maximum Gasteiger partial charge on any atom is 0.119 e. The van der Waals surface area contributed by atoms with E-state index in [0.29, 0.717) is 6.04 Å². The minimum atomic E-state index is 0.598. The fraction of sp³-hybridized carbons (Fsp3) is 0.625. The normalized spacial score (nSPS) is 22.5. The standard InChI is InChI=1S/C24H37N3O/c1-5-6-13-28-21-10-8-19(9-11-21)24-20(16-26-27-24)15-25-23-14-18(4)7-12-22(23)17(2)3/h8-11,16-18,22-23,25H,5-7,12-15H2,1-4H3,(H,26,27)/t18-,22+,23-/m1/s1. The zero-order valence-corrected chi connectivity index (χ0v) is 18.0. The van der Waals surface area contributed by atoms with Gasteiger partial charge in [0, 0.05) is 29.9 Å². The summed E-state index contributed by atoms with van der Waals surface area (Å²) in [5, 5.41) is 11.4. The largest absolute Gasteiger partial charge is 0.494 e. The molecule has 0 spiro atoms. The summed E-state index contributed by atoms with van der Waals surface area (Å²) >= 11 is 0. The molecule has 1 saturated carbocycles. The van der Waals surface area contributed by atoms with E-state index in [1.165, 1.54) is 24.8 Å². The van der Waals surface area contributed by atoms with Crippen LogP contribution in [0.1, 0.15) is 65.4 Å². The second kappa shape index (κ2) is 10.1. The number of rotatable bonds is 9. The first-order valence-electron chi connectivity index (χ1n) is 11.1. The lowest BCUT2D eigenvalue weighted by atomic mass is 9.74. The Kier molecular flexibility index (Phi) is 7.55. The van der Waals surface area contributed by atoms with Gasteiger partial charge in [0.05, 0.1) is 12.3 Å². The fourth-order valence-electron chi connectivity index (χ4n) is 4.42. The van der Waals surface area contributed by atoms with E-state index in [0.717, 1.165) is 60.8 Å². The molecular weight excluding hydrogens is 346 g/mol. The van der Waals surface area contributed by atoms with Gasteiger partial charge in [-0.1, -0.05) is 40.5 Å². The zero-order valence-electron chi connectivity index (χ0n) is 18.0. The van der Waals surface area contributed by atoms with Crippen LogP contribution in [0.4, 0.5) is 0 Å². The molecule has 1 aliphatic rings. The summed E-state index contributed by atoms with van der Waals surface area (Å²) in [7, 11) is 0. The lowest BCUT2D eigenvalue weighted by molar-refractivity contribution is 0.169. The first kappa shape index (κ1) is 20.9. The molecular formula is C24H37N3O. The highest BCUT2D eigenvalue weighted by molar-refractivity contribution is 5.63. The Morgan fingerprint density at radius 2 is 2.00 bits per heavy atom. The molecule has 0 unspecified atom stereocenters. The van der Waals surface area contributed by atoms with Crippen molar-refractivity contribution in [3.05, 3.63) is 36.0 Å². The van der Waals surface area contributed by atoms with Crippen LogP contribution in [0.15, 0.2) is 30.5 Å². The molecule has 154 valence electrons. The molecule has 1 aliphatic carbocycles. The predicted octanol–water partition coefficient (Wildman–Crippen LogP) is 5.81. The van der Waals surface area contributed by atoms with E-state index in [2.05, 4.69) is 67.5 Å². The van der Waals surface area contributed by atoms with Gasteiger partial charge in [-0.15, -0.1) is 0 Å². The molecule has 0 radical (unpaired) electrons. The van der Waals surface area contributed by atoms with E-state index < -0.39 is 0 Å². The minimum absolute atomic E-state index is 0.598. The Labute approximate surface area is 170 Å². The number of aromatic nitrogens is 2. The molecule has 4 nitrogen and oxygen atoms in total. The SMILES string of the molecule is CCCCOc1ccc(-c2n[nH]cc2CN[C@@H]2C[C@H](C)CC[C@H]2C(C)C)cc1. The predicted molar refractivity (Wildman–Crippen MR) is 116 cm³/mol. The number of unbranched alkanes of at least 4 members (excludes halogenated alkanes) is 1. The van der Waals surface area contributed by atoms with Crippen molar-refractivity contribution >= 4 is 0 Å². The molecule has 1 fully saturated rings. The molecule has 1 aromatic heterocycles. The Morgan fingerprint density at radius 1 is 1.21 bits per heavy atom. The number of nitrogens with one attached hydrogen (secondary N) is 2. The summed E-state index contributed by atoms with van der Waals surface area (Å²) in [6.07, 6.45) is 8.26. The molecule has 2 N–H and O–H groups in total. The first-order chi connectivity index (χ1) is 13.6. The van der Waals surface area contributed by atoms with E-state index in [1.807, 2.05) is 6.20 Å². The van der Waals surface area contributed by atoms with Gasteiger partial charge in [-0.3, -0.25) is 5.10 Å². The van der Waals surface area contributed by atoms with E-state index in [-0.39, 0.29) is 0 Å². The number of hydrogen-bond donors (Lipinski definition) is 2. The van der Waals surface area contributed by atoms with Crippen molar-refractivity contribution < 1.29 is 4.74 Å². The van der Waals surface area contributed by atoms with Gasteiger partial charge in [0.1, 0.15) is 5.75 Å². The highest BCUT2D eigenvalue weighted by atomic mass is 16.5. The summed E-state index contributed by atoms with van der Waals surface area (Å²) < 4.78 is 5.78. The second-order valence-electron chi connectivity index (χ2n) is 8.80. The molecule has 28 heavy (non-hydrogen) atoms. The van der Waals surface area contributed by atoms with Crippen LogP contribution in [0.25, 0.3) is 11.3 Å². The van der Waals surface area contributed by atoms with Gasteiger partial charge in [0.15, 0.2) is 0 Å². The molecule has 0 aliphatic heterocycles. The van der Waals surface area contributed by atoms with Crippen LogP contribution in [-0.4, -0.2) is 22.8 Å². The summed E-state index contributed by atoms with van der Waals surface area (Å²) in [6.45, 7) is 10.9. The average Bonchev–Trinajstić information content (AvgIpc) is 3.15. The Bertz CT molecular complexity index is 707. The third-order valence-electron chi connectivity index (χ3n) is 6.19. The first-order valence-corrected chi connectivity index (χ1v) is 11.1. The van der Waals surface area contributed by atoms with Crippen LogP contribution in [-0.2, 0) is 6.54 Å². The Balaban J connectivity index is 1.63.